The number of halogens is 1. The van der Waals surface area contributed by atoms with Crippen molar-refractivity contribution in [2.75, 3.05) is 7.11 Å². The number of hydrogen-bond donors (Lipinski definition) is 0. The molecule has 0 atom stereocenters. The van der Waals surface area contributed by atoms with Gasteiger partial charge in [-0.05, 0) is 17.7 Å². The highest BCUT2D eigenvalue weighted by atomic mass is 19.1. The molecule has 0 bridgehead atoms. The quantitative estimate of drug-likeness (QED) is 0.789. The number of benzene rings is 1. The maximum absolute atomic E-state index is 13.4. The molecule has 84 valence electrons. The molecule has 2 aromatic rings. The zero-order chi connectivity index (χ0) is 11.5. The summed E-state index contributed by atoms with van der Waals surface area (Å²) in [6.45, 7) is 0. The number of ether oxygens (including phenoxy) is 1. The minimum absolute atomic E-state index is 0.256. The fraction of sp³-hybridized carbons (Fsp3) is 0.273. The van der Waals surface area contributed by atoms with E-state index in [4.69, 9.17) is 4.74 Å². The molecule has 1 heterocycles. The van der Waals surface area contributed by atoms with Crippen molar-refractivity contribution in [2.45, 2.75) is 6.42 Å². The Hall–Kier alpha value is -1.91. The molecule has 16 heavy (non-hydrogen) atoms. The fourth-order valence-corrected chi connectivity index (χ4v) is 1.50. The van der Waals surface area contributed by atoms with E-state index in [1.54, 1.807) is 16.9 Å². The molecular formula is C11H12FN3O. The van der Waals surface area contributed by atoms with Gasteiger partial charge in [0, 0.05) is 13.5 Å². The highest BCUT2D eigenvalue weighted by molar-refractivity contribution is 5.31. The van der Waals surface area contributed by atoms with Crippen LogP contribution in [-0.2, 0) is 13.5 Å². The molecule has 0 spiro atoms. The number of aromatic nitrogens is 3. The Balaban J connectivity index is 2.23. The van der Waals surface area contributed by atoms with Gasteiger partial charge in [0.25, 0.3) is 0 Å². The van der Waals surface area contributed by atoms with Crippen LogP contribution in [-0.4, -0.2) is 22.1 Å². The van der Waals surface area contributed by atoms with Crippen LogP contribution in [0, 0.1) is 5.82 Å². The molecule has 0 aliphatic carbocycles. The summed E-state index contributed by atoms with van der Waals surface area (Å²) < 4.78 is 19.9. The van der Waals surface area contributed by atoms with Gasteiger partial charge in [0.15, 0.2) is 11.6 Å². The summed E-state index contributed by atoms with van der Waals surface area (Å²) >= 11 is 0. The van der Waals surface area contributed by atoms with Crippen LogP contribution in [0.5, 0.6) is 5.75 Å². The van der Waals surface area contributed by atoms with Gasteiger partial charge in [-0.15, -0.1) is 5.10 Å². The van der Waals surface area contributed by atoms with E-state index in [0.29, 0.717) is 6.42 Å². The highest BCUT2D eigenvalue weighted by Gasteiger charge is 2.06. The van der Waals surface area contributed by atoms with Crippen molar-refractivity contribution in [3.63, 3.8) is 0 Å². The zero-order valence-electron chi connectivity index (χ0n) is 9.14. The minimum atomic E-state index is -0.352. The number of methoxy groups -OCH3 is 1. The lowest BCUT2D eigenvalue weighted by Gasteiger charge is -2.05. The van der Waals surface area contributed by atoms with E-state index in [0.717, 1.165) is 11.3 Å². The van der Waals surface area contributed by atoms with Crippen LogP contribution in [0.1, 0.15) is 11.3 Å². The molecule has 5 heteroatoms. The standard InChI is InChI=1S/C11H12FN3O/c1-15-9(7-13-14-15)5-8-3-4-11(16-2)10(12)6-8/h3-4,6-7H,5H2,1-2H3. The van der Waals surface area contributed by atoms with E-state index >= 15 is 0 Å². The first kappa shape index (κ1) is 10.6. The van der Waals surface area contributed by atoms with Crippen molar-refractivity contribution < 1.29 is 9.13 Å². The fourth-order valence-electron chi connectivity index (χ4n) is 1.50. The van der Waals surface area contributed by atoms with E-state index in [9.17, 15) is 4.39 Å². The van der Waals surface area contributed by atoms with E-state index in [1.807, 2.05) is 13.1 Å². The zero-order valence-corrected chi connectivity index (χ0v) is 9.14. The third kappa shape index (κ3) is 2.03. The minimum Gasteiger partial charge on any atom is -0.494 e. The number of aryl methyl sites for hydroxylation is 1. The molecule has 1 aromatic carbocycles. The van der Waals surface area contributed by atoms with E-state index in [2.05, 4.69) is 10.3 Å². The maximum atomic E-state index is 13.4. The van der Waals surface area contributed by atoms with Crippen LogP contribution in [0.2, 0.25) is 0 Å². The Morgan fingerprint density at radius 2 is 2.25 bits per heavy atom. The summed E-state index contributed by atoms with van der Waals surface area (Å²) in [4.78, 5) is 0. The second kappa shape index (κ2) is 4.30. The average molecular weight is 221 g/mol. The van der Waals surface area contributed by atoms with Crippen molar-refractivity contribution in [1.29, 1.82) is 0 Å². The van der Waals surface area contributed by atoms with Crippen LogP contribution in [0.4, 0.5) is 4.39 Å². The van der Waals surface area contributed by atoms with Crippen molar-refractivity contribution in [3.8, 4) is 5.75 Å². The SMILES string of the molecule is COc1ccc(Cc2cnnn2C)cc1F. The van der Waals surface area contributed by atoms with E-state index in [-0.39, 0.29) is 11.6 Å². The molecule has 0 N–H and O–H groups in total. The number of nitrogens with zero attached hydrogens (tertiary/aromatic N) is 3. The third-order valence-corrected chi connectivity index (χ3v) is 2.41. The Morgan fingerprint density at radius 1 is 1.44 bits per heavy atom. The second-order valence-electron chi connectivity index (χ2n) is 3.49. The molecule has 4 nitrogen and oxygen atoms in total. The molecule has 0 radical (unpaired) electrons. The molecule has 0 aliphatic heterocycles. The Kier molecular flexibility index (Phi) is 2.85. The Bertz CT molecular complexity index is 496. The van der Waals surface area contributed by atoms with Gasteiger partial charge in [-0.25, -0.2) is 4.39 Å². The van der Waals surface area contributed by atoms with Crippen LogP contribution in [0.3, 0.4) is 0 Å². The molecule has 0 fully saturated rings. The van der Waals surface area contributed by atoms with Gasteiger partial charge in [-0.2, -0.15) is 0 Å². The van der Waals surface area contributed by atoms with Gasteiger partial charge in [-0.1, -0.05) is 11.3 Å². The van der Waals surface area contributed by atoms with Crippen molar-refractivity contribution >= 4 is 0 Å². The average Bonchev–Trinajstić information content (AvgIpc) is 2.65. The topological polar surface area (TPSA) is 39.9 Å². The summed E-state index contributed by atoms with van der Waals surface area (Å²) in [7, 11) is 3.26. The van der Waals surface area contributed by atoms with Gasteiger partial charge in [0.1, 0.15) is 0 Å². The monoisotopic (exact) mass is 221 g/mol. The highest BCUT2D eigenvalue weighted by Crippen LogP contribution is 2.19. The van der Waals surface area contributed by atoms with E-state index < -0.39 is 0 Å². The first-order chi connectivity index (χ1) is 7.70. The summed E-state index contributed by atoms with van der Waals surface area (Å²) in [5.41, 5.74) is 1.80. The lowest BCUT2D eigenvalue weighted by Crippen LogP contribution is -1.99. The van der Waals surface area contributed by atoms with Crippen LogP contribution in [0.15, 0.2) is 24.4 Å². The second-order valence-corrected chi connectivity index (χ2v) is 3.49. The van der Waals surface area contributed by atoms with E-state index in [1.165, 1.54) is 13.2 Å². The third-order valence-electron chi connectivity index (χ3n) is 2.41. The summed E-state index contributed by atoms with van der Waals surface area (Å²) in [5, 5.41) is 7.59. The lowest BCUT2D eigenvalue weighted by molar-refractivity contribution is 0.386. The Morgan fingerprint density at radius 3 is 2.81 bits per heavy atom. The first-order valence-electron chi connectivity index (χ1n) is 4.86. The van der Waals surface area contributed by atoms with Crippen LogP contribution < -0.4 is 4.74 Å². The molecule has 0 saturated heterocycles. The van der Waals surface area contributed by atoms with Crippen molar-refractivity contribution in [2.24, 2.45) is 7.05 Å². The first-order valence-corrected chi connectivity index (χ1v) is 4.86. The lowest BCUT2D eigenvalue weighted by atomic mass is 10.1. The molecule has 2 rings (SSSR count). The van der Waals surface area contributed by atoms with Crippen molar-refractivity contribution in [3.05, 3.63) is 41.5 Å². The molecule has 0 aliphatic rings. The molecule has 0 unspecified atom stereocenters. The van der Waals surface area contributed by atoms with Crippen LogP contribution >= 0.6 is 0 Å². The van der Waals surface area contributed by atoms with Crippen molar-refractivity contribution in [1.82, 2.24) is 15.0 Å². The summed E-state index contributed by atoms with van der Waals surface area (Å²) in [6, 6.07) is 4.91. The van der Waals surface area contributed by atoms with Gasteiger partial charge in [0.05, 0.1) is 19.0 Å². The van der Waals surface area contributed by atoms with Crippen LogP contribution in [0.25, 0.3) is 0 Å². The van der Waals surface area contributed by atoms with Gasteiger partial charge >= 0.3 is 0 Å². The van der Waals surface area contributed by atoms with Gasteiger partial charge < -0.3 is 4.74 Å². The predicted octanol–water partition coefficient (Wildman–Crippen LogP) is 1.55. The molecule has 1 aromatic heterocycles. The summed E-state index contributed by atoms with van der Waals surface area (Å²) in [5.74, 6) is -0.0954. The maximum Gasteiger partial charge on any atom is 0.165 e. The molecule has 0 amide bonds. The Labute approximate surface area is 92.7 Å². The normalized spacial score (nSPS) is 10.4. The molecule has 0 saturated carbocycles. The largest absolute Gasteiger partial charge is 0.494 e. The number of hydrogen-bond acceptors (Lipinski definition) is 3. The van der Waals surface area contributed by atoms with Gasteiger partial charge in [-0.3, -0.25) is 4.68 Å². The predicted molar refractivity (Wildman–Crippen MR) is 56.8 cm³/mol. The summed E-state index contributed by atoms with van der Waals surface area (Å²) in [6.07, 6.45) is 2.27. The van der Waals surface area contributed by atoms with Gasteiger partial charge in [0.2, 0.25) is 0 Å². The molecular weight excluding hydrogens is 209 g/mol. The number of rotatable bonds is 3. The smallest absolute Gasteiger partial charge is 0.165 e.